The van der Waals surface area contributed by atoms with Crippen LogP contribution in [0.5, 0.6) is 5.75 Å². The molecule has 0 aromatic heterocycles. The van der Waals surface area contributed by atoms with Crippen LogP contribution in [-0.2, 0) is 0 Å². The molecule has 3 rings (SSSR count). The lowest BCUT2D eigenvalue weighted by molar-refractivity contribution is 0.372. The zero-order valence-corrected chi connectivity index (χ0v) is 18.0. The van der Waals surface area contributed by atoms with E-state index in [0.717, 1.165) is 25.7 Å². The Labute approximate surface area is 181 Å². The van der Waals surface area contributed by atoms with E-state index >= 15 is 0 Å². The fourth-order valence-corrected chi connectivity index (χ4v) is 4.09. The van der Waals surface area contributed by atoms with E-state index in [2.05, 4.69) is 13.0 Å². The van der Waals surface area contributed by atoms with Crippen molar-refractivity contribution in [3.05, 3.63) is 70.8 Å². The van der Waals surface area contributed by atoms with Crippen LogP contribution < -0.4 is 4.74 Å². The summed E-state index contributed by atoms with van der Waals surface area (Å²) in [4.78, 5) is 0. The van der Waals surface area contributed by atoms with Crippen molar-refractivity contribution in [3.8, 4) is 16.9 Å². The van der Waals surface area contributed by atoms with Gasteiger partial charge >= 0.3 is 0 Å². The Bertz CT molecular complexity index is 978. The van der Waals surface area contributed by atoms with E-state index in [1.54, 1.807) is 11.6 Å². The largest absolute Gasteiger partial charge is 0.494 e. The van der Waals surface area contributed by atoms with Gasteiger partial charge in [0.15, 0.2) is 23.2 Å². The molecule has 5 heteroatoms. The molecule has 2 aromatic carbocycles. The van der Waals surface area contributed by atoms with Gasteiger partial charge in [-0.15, -0.1) is 0 Å². The van der Waals surface area contributed by atoms with Crippen LogP contribution in [0.3, 0.4) is 0 Å². The smallest absolute Gasteiger partial charge is 0.201 e. The Morgan fingerprint density at radius 3 is 2.32 bits per heavy atom. The van der Waals surface area contributed by atoms with E-state index in [-0.39, 0.29) is 22.4 Å². The topological polar surface area (TPSA) is 9.23 Å². The molecule has 1 nitrogen and oxygen atoms in total. The van der Waals surface area contributed by atoms with Crippen molar-refractivity contribution in [2.45, 2.75) is 51.9 Å². The van der Waals surface area contributed by atoms with Crippen molar-refractivity contribution >= 4 is 6.08 Å². The molecule has 1 aliphatic carbocycles. The Morgan fingerprint density at radius 2 is 1.68 bits per heavy atom. The van der Waals surface area contributed by atoms with Crippen LogP contribution in [0, 0.1) is 29.2 Å². The minimum Gasteiger partial charge on any atom is -0.494 e. The third kappa shape index (κ3) is 5.38. The van der Waals surface area contributed by atoms with Gasteiger partial charge in [-0.3, -0.25) is 0 Å². The molecule has 166 valence electrons. The second kappa shape index (κ2) is 10.7. The predicted molar refractivity (Wildman–Crippen MR) is 117 cm³/mol. The first-order valence-electron chi connectivity index (χ1n) is 10.8. The second-order valence-electron chi connectivity index (χ2n) is 8.01. The summed E-state index contributed by atoms with van der Waals surface area (Å²) in [6, 6.07) is 5.01. The van der Waals surface area contributed by atoms with Crippen molar-refractivity contribution < 1.29 is 22.3 Å². The number of hydrogen-bond acceptors (Lipinski definition) is 1. The fraction of sp³-hybridized carbons (Fsp3) is 0.385. The Kier molecular flexibility index (Phi) is 7.94. The summed E-state index contributed by atoms with van der Waals surface area (Å²) in [5.74, 6) is -4.45. The number of rotatable bonds is 8. The van der Waals surface area contributed by atoms with Crippen LogP contribution in [0.25, 0.3) is 17.2 Å². The van der Waals surface area contributed by atoms with Gasteiger partial charge in [-0.2, -0.15) is 4.39 Å². The number of ether oxygens (including phenoxy) is 1. The summed E-state index contributed by atoms with van der Waals surface area (Å²) in [7, 11) is 1.20. The molecule has 0 heterocycles. The zero-order valence-electron chi connectivity index (χ0n) is 18.0. The van der Waals surface area contributed by atoms with Gasteiger partial charge in [-0.1, -0.05) is 49.3 Å². The molecular formula is C26H28F4O. The lowest BCUT2D eigenvalue weighted by Crippen LogP contribution is -2.05. The minimum atomic E-state index is -1.27. The second-order valence-corrected chi connectivity index (χ2v) is 8.01. The predicted octanol–water partition coefficient (Wildman–Crippen LogP) is 8.24. The number of benzene rings is 2. The quantitative estimate of drug-likeness (QED) is 0.301. The van der Waals surface area contributed by atoms with E-state index in [1.807, 2.05) is 6.08 Å². The highest BCUT2D eigenvalue weighted by atomic mass is 19.2. The van der Waals surface area contributed by atoms with Crippen LogP contribution in [-0.4, -0.2) is 7.11 Å². The first-order valence-corrected chi connectivity index (χ1v) is 10.8. The molecule has 0 spiro atoms. The molecule has 0 N–H and O–H groups in total. The molecule has 31 heavy (non-hydrogen) atoms. The third-order valence-corrected chi connectivity index (χ3v) is 5.89. The summed E-state index contributed by atoms with van der Waals surface area (Å²) in [6.45, 7) is 2.19. The first-order chi connectivity index (χ1) is 15.0. The summed E-state index contributed by atoms with van der Waals surface area (Å²) in [5.41, 5.74) is 0.966. The number of hydrogen-bond donors (Lipinski definition) is 0. The molecule has 0 saturated carbocycles. The molecule has 2 aromatic rings. The van der Waals surface area contributed by atoms with Crippen LogP contribution in [0.15, 0.2) is 42.0 Å². The van der Waals surface area contributed by atoms with Crippen molar-refractivity contribution in [1.29, 1.82) is 0 Å². The molecule has 0 aliphatic heterocycles. The van der Waals surface area contributed by atoms with Crippen LogP contribution in [0.2, 0.25) is 0 Å². The van der Waals surface area contributed by atoms with E-state index in [1.165, 1.54) is 50.6 Å². The van der Waals surface area contributed by atoms with E-state index in [9.17, 15) is 17.6 Å². The lowest BCUT2D eigenvalue weighted by Gasteiger charge is -2.21. The van der Waals surface area contributed by atoms with Gasteiger partial charge < -0.3 is 4.74 Å². The number of methoxy groups -OCH3 is 1. The molecule has 1 aliphatic rings. The summed E-state index contributed by atoms with van der Waals surface area (Å²) < 4.78 is 62.1. The van der Waals surface area contributed by atoms with Gasteiger partial charge in [0, 0.05) is 16.7 Å². The van der Waals surface area contributed by atoms with Crippen LogP contribution in [0.4, 0.5) is 17.6 Å². The average Bonchev–Trinajstić information content (AvgIpc) is 2.78. The highest BCUT2D eigenvalue weighted by molar-refractivity contribution is 5.68. The van der Waals surface area contributed by atoms with Crippen LogP contribution >= 0.6 is 0 Å². The highest BCUT2D eigenvalue weighted by Gasteiger charge is 2.20. The molecule has 1 atom stereocenters. The highest BCUT2D eigenvalue weighted by Crippen LogP contribution is 2.33. The van der Waals surface area contributed by atoms with Gasteiger partial charge in [-0.05, 0) is 56.6 Å². The van der Waals surface area contributed by atoms with Crippen molar-refractivity contribution in [1.82, 2.24) is 0 Å². The normalized spacial score (nSPS) is 16.6. The van der Waals surface area contributed by atoms with Crippen LogP contribution in [0.1, 0.15) is 57.4 Å². The van der Waals surface area contributed by atoms with Gasteiger partial charge in [0.25, 0.3) is 0 Å². The SMILES string of the molecule is CCCC1=CCC(CCC=Cc2ccc(-c3ccc(OC)c(F)c3F)c(F)c2F)CC1. The molecule has 0 radical (unpaired) electrons. The molecule has 1 unspecified atom stereocenters. The van der Waals surface area contributed by atoms with Crippen molar-refractivity contribution in [2.24, 2.45) is 5.92 Å². The van der Waals surface area contributed by atoms with E-state index < -0.39 is 23.3 Å². The maximum absolute atomic E-state index is 14.6. The lowest BCUT2D eigenvalue weighted by atomic mass is 9.85. The summed E-state index contributed by atoms with van der Waals surface area (Å²) in [5, 5.41) is 0. The fourth-order valence-electron chi connectivity index (χ4n) is 4.09. The molecular weight excluding hydrogens is 404 g/mol. The van der Waals surface area contributed by atoms with Gasteiger partial charge in [-0.25, -0.2) is 13.2 Å². The summed E-state index contributed by atoms with van der Waals surface area (Å²) in [6.07, 6.45) is 13.3. The van der Waals surface area contributed by atoms with Crippen molar-refractivity contribution in [2.75, 3.05) is 7.11 Å². The van der Waals surface area contributed by atoms with E-state index in [4.69, 9.17) is 4.74 Å². The van der Waals surface area contributed by atoms with Gasteiger partial charge in [0.05, 0.1) is 7.11 Å². The maximum Gasteiger partial charge on any atom is 0.201 e. The Hall–Kier alpha value is -2.56. The first kappa shape index (κ1) is 23.1. The monoisotopic (exact) mass is 432 g/mol. The standard InChI is InChI=1S/C26H28F4O/c1-3-6-17-9-11-18(12-10-17)7-4-5-8-19-13-14-20(24(28)23(19)27)21-15-16-22(31-2)26(30)25(21)29/h5,8-9,13-16,18H,3-4,6-7,10-12H2,1-2H3. The number of halogens is 4. The van der Waals surface area contributed by atoms with Crippen molar-refractivity contribution in [3.63, 3.8) is 0 Å². The zero-order chi connectivity index (χ0) is 22.4. The van der Waals surface area contributed by atoms with Gasteiger partial charge in [0.2, 0.25) is 5.82 Å². The maximum atomic E-state index is 14.6. The molecule has 0 saturated heterocycles. The van der Waals surface area contributed by atoms with Gasteiger partial charge in [0.1, 0.15) is 0 Å². The minimum absolute atomic E-state index is 0.0874. The molecule has 0 fully saturated rings. The Balaban J connectivity index is 1.67. The third-order valence-electron chi connectivity index (χ3n) is 5.89. The molecule has 0 amide bonds. The summed E-state index contributed by atoms with van der Waals surface area (Å²) >= 11 is 0. The number of allylic oxidation sites excluding steroid dienone is 3. The Morgan fingerprint density at radius 1 is 0.968 bits per heavy atom. The average molecular weight is 433 g/mol. The molecule has 0 bridgehead atoms. The van der Waals surface area contributed by atoms with E-state index in [0.29, 0.717) is 5.92 Å².